The first-order chi connectivity index (χ1) is 8.25. The molecule has 1 aromatic rings. The molecule has 5 heteroatoms. The number of nitrogens with zero attached hydrogens (tertiary/aromatic N) is 4. The van der Waals surface area contributed by atoms with Gasteiger partial charge < -0.3 is 9.64 Å². The van der Waals surface area contributed by atoms with E-state index >= 15 is 0 Å². The third-order valence-corrected chi connectivity index (χ3v) is 3.40. The minimum Gasteiger partial charge on any atom is -0.369 e. The van der Waals surface area contributed by atoms with Crippen LogP contribution in [-0.4, -0.2) is 59.8 Å². The largest absolute Gasteiger partial charge is 0.369 e. The van der Waals surface area contributed by atoms with E-state index in [0.29, 0.717) is 0 Å². The average molecular weight is 234 g/mol. The van der Waals surface area contributed by atoms with Crippen molar-refractivity contribution in [2.75, 3.05) is 44.2 Å². The molecule has 1 atom stereocenters. The molecule has 0 radical (unpaired) electrons. The van der Waals surface area contributed by atoms with Gasteiger partial charge in [0, 0.05) is 45.1 Å². The van der Waals surface area contributed by atoms with Crippen LogP contribution in [0.4, 0.5) is 5.95 Å². The number of ether oxygens (including phenoxy) is 1. The molecule has 1 unspecified atom stereocenters. The van der Waals surface area contributed by atoms with Crippen molar-refractivity contribution in [2.45, 2.75) is 12.5 Å². The predicted molar refractivity (Wildman–Crippen MR) is 65.0 cm³/mol. The van der Waals surface area contributed by atoms with Crippen LogP contribution in [0.15, 0.2) is 18.5 Å². The maximum Gasteiger partial charge on any atom is 0.225 e. The molecule has 0 saturated carbocycles. The van der Waals surface area contributed by atoms with Gasteiger partial charge >= 0.3 is 0 Å². The summed E-state index contributed by atoms with van der Waals surface area (Å²) < 4.78 is 5.43. The number of hydrogen-bond donors (Lipinski definition) is 0. The van der Waals surface area contributed by atoms with Crippen LogP contribution in [0.25, 0.3) is 0 Å². The summed E-state index contributed by atoms with van der Waals surface area (Å²) in [5.74, 6) is 0.848. The molecule has 2 fully saturated rings. The lowest BCUT2D eigenvalue weighted by Crippen LogP contribution is -2.49. The fourth-order valence-electron chi connectivity index (χ4n) is 2.25. The van der Waals surface area contributed by atoms with Gasteiger partial charge in [0.1, 0.15) is 5.60 Å². The third-order valence-electron chi connectivity index (χ3n) is 3.40. The monoisotopic (exact) mass is 234 g/mol. The van der Waals surface area contributed by atoms with E-state index in [9.17, 15) is 0 Å². The van der Waals surface area contributed by atoms with Gasteiger partial charge in [-0.15, -0.1) is 0 Å². The van der Waals surface area contributed by atoms with Gasteiger partial charge in [-0.05, 0) is 13.0 Å². The zero-order chi connectivity index (χ0) is 11.7. The number of piperazine rings is 1. The SMILES string of the molecule is CC1(CN2CCN(c3ncccn3)CC2)CO1. The van der Waals surface area contributed by atoms with Crippen molar-refractivity contribution >= 4 is 5.95 Å². The molecule has 0 bridgehead atoms. The standard InChI is InChI=1S/C12H18N4O/c1-12(10-17-12)9-15-5-7-16(8-6-15)11-13-3-2-4-14-11/h2-4H,5-10H2,1H3. The van der Waals surface area contributed by atoms with E-state index in [-0.39, 0.29) is 5.60 Å². The minimum absolute atomic E-state index is 0.130. The van der Waals surface area contributed by atoms with E-state index in [2.05, 4.69) is 26.7 Å². The second-order valence-electron chi connectivity index (χ2n) is 5.05. The normalized spacial score (nSPS) is 29.4. The molecule has 17 heavy (non-hydrogen) atoms. The molecule has 3 rings (SSSR count). The molecule has 2 aliphatic rings. The van der Waals surface area contributed by atoms with Crippen molar-refractivity contribution < 1.29 is 4.74 Å². The molecule has 0 N–H and O–H groups in total. The zero-order valence-corrected chi connectivity index (χ0v) is 10.2. The van der Waals surface area contributed by atoms with Gasteiger partial charge in [-0.1, -0.05) is 0 Å². The highest BCUT2D eigenvalue weighted by molar-refractivity contribution is 5.29. The minimum atomic E-state index is 0.130. The van der Waals surface area contributed by atoms with Crippen LogP contribution in [0.2, 0.25) is 0 Å². The quantitative estimate of drug-likeness (QED) is 0.708. The third kappa shape index (κ3) is 2.56. The summed E-state index contributed by atoms with van der Waals surface area (Å²) in [4.78, 5) is 13.3. The molecule has 0 amide bonds. The van der Waals surface area contributed by atoms with Gasteiger partial charge in [0.25, 0.3) is 0 Å². The lowest BCUT2D eigenvalue weighted by molar-refractivity contribution is 0.188. The molecule has 0 aliphatic carbocycles. The van der Waals surface area contributed by atoms with Crippen LogP contribution >= 0.6 is 0 Å². The molecule has 2 saturated heterocycles. The zero-order valence-electron chi connectivity index (χ0n) is 10.2. The highest BCUT2D eigenvalue weighted by Gasteiger charge is 2.41. The van der Waals surface area contributed by atoms with E-state index in [4.69, 9.17) is 4.74 Å². The lowest BCUT2D eigenvalue weighted by Gasteiger charge is -2.35. The van der Waals surface area contributed by atoms with Gasteiger partial charge in [-0.2, -0.15) is 0 Å². The van der Waals surface area contributed by atoms with Crippen LogP contribution in [0.1, 0.15) is 6.92 Å². The Morgan fingerprint density at radius 1 is 1.24 bits per heavy atom. The lowest BCUT2D eigenvalue weighted by atomic mass is 10.2. The maximum atomic E-state index is 5.43. The van der Waals surface area contributed by atoms with Crippen molar-refractivity contribution in [2.24, 2.45) is 0 Å². The van der Waals surface area contributed by atoms with Crippen LogP contribution in [0, 0.1) is 0 Å². The van der Waals surface area contributed by atoms with Crippen LogP contribution < -0.4 is 4.90 Å². The Morgan fingerprint density at radius 2 is 1.88 bits per heavy atom. The number of hydrogen-bond acceptors (Lipinski definition) is 5. The highest BCUT2D eigenvalue weighted by atomic mass is 16.6. The molecular weight excluding hydrogens is 216 g/mol. The van der Waals surface area contributed by atoms with Crippen molar-refractivity contribution in [3.63, 3.8) is 0 Å². The Hall–Kier alpha value is -1.20. The predicted octanol–water partition coefficient (Wildman–Crippen LogP) is 0.387. The second-order valence-corrected chi connectivity index (χ2v) is 5.05. The van der Waals surface area contributed by atoms with Gasteiger partial charge in [-0.3, -0.25) is 4.90 Å². The van der Waals surface area contributed by atoms with Crippen molar-refractivity contribution in [3.8, 4) is 0 Å². The first kappa shape index (κ1) is 10.9. The average Bonchev–Trinajstić information content (AvgIpc) is 3.09. The summed E-state index contributed by atoms with van der Waals surface area (Å²) in [5, 5.41) is 0. The molecule has 2 aliphatic heterocycles. The van der Waals surface area contributed by atoms with Gasteiger partial charge in [-0.25, -0.2) is 9.97 Å². The van der Waals surface area contributed by atoms with Gasteiger partial charge in [0.15, 0.2) is 0 Å². The van der Waals surface area contributed by atoms with E-state index < -0.39 is 0 Å². The Balaban J connectivity index is 1.54. The molecule has 0 aromatic carbocycles. The first-order valence-electron chi connectivity index (χ1n) is 6.13. The molecule has 3 heterocycles. The number of rotatable bonds is 3. The Labute approximate surface area is 101 Å². The van der Waals surface area contributed by atoms with Crippen molar-refractivity contribution in [3.05, 3.63) is 18.5 Å². The number of epoxide rings is 1. The number of anilines is 1. The van der Waals surface area contributed by atoms with E-state index in [1.165, 1.54) is 0 Å². The van der Waals surface area contributed by atoms with E-state index in [1.807, 2.05) is 6.07 Å². The Morgan fingerprint density at radius 3 is 2.47 bits per heavy atom. The molecule has 1 aromatic heterocycles. The van der Waals surface area contributed by atoms with Crippen molar-refractivity contribution in [1.82, 2.24) is 14.9 Å². The summed E-state index contributed by atoms with van der Waals surface area (Å²) >= 11 is 0. The Kier molecular flexibility index (Phi) is 2.72. The van der Waals surface area contributed by atoms with Gasteiger partial charge in [0.05, 0.1) is 6.61 Å². The fourth-order valence-corrected chi connectivity index (χ4v) is 2.25. The smallest absolute Gasteiger partial charge is 0.225 e. The Bertz CT molecular complexity index is 371. The van der Waals surface area contributed by atoms with E-state index in [0.717, 1.165) is 45.3 Å². The summed E-state index contributed by atoms with van der Waals surface area (Å²) in [6, 6.07) is 1.85. The van der Waals surface area contributed by atoms with Crippen LogP contribution in [-0.2, 0) is 4.74 Å². The highest BCUT2D eigenvalue weighted by Crippen LogP contribution is 2.27. The summed E-state index contributed by atoms with van der Waals surface area (Å²) in [5.41, 5.74) is 0.130. The fraction of sp³-hybridized carbons (Fsp3) is 0.667. The molecule has 92 valence electrons. The summed E-state index contributed by atoms with van der Waals surface area (Å²) in [6.45, 7) is 8.28. The number of aromatic nitrogens is 2. The molecule has 5 nitrogen and oxygen atoms in total. The molecule has 0 spiro atoms. The van der Waals surface area contributed by atoms with Crippen LogP contribution in [0.3, 0.4) is 0 Å². The van der Waals surface area contributed by atoms with E-state index in [1.54, 1.807) is 12.4 Å². The van der Waals surface area contributed by atoms with Gasteiger partial charge in [0.2, 0.25) is 5.95 Å². The van der Waals surface area contributed by atoms with Crippen LogP contribution in [0.5, 0.6) is 0 Å². The topological polar surface area (TPSA) is 44.8 Å². The summed E-state index contributed by atoms with van der Waals surface area (Å²) in [6.07, 6.45) is 3.60. The summed E-state index contributed by atoms with van der Waals surface area (Å²) in [7, 11) is 0. The van der Waals surface area contributed by atoms with Crippen molar-refractivity contribution in [1.29, 1.82) is 0 Å². The maximum absolute atomic E-state index is 5.43. The first-order valence-corrected chi connectivity index (χ1v) is 6.13. The molecular formula is C12H18N4O. The second kappa shape index (κ2) is 4.23.